The third-order valence-electron chi connectivity index (χ3n) is 2.79. The Bertz CT molecular complexity index is 405. The summed E-state index contributed by atoms with van der Waals surface area (Å²) in [6.45, 7) is 1.18. The largest absolute Gasteiger partial charge is 0.480 e. The van der Waals surface area contributed by atoms with Gasteiger partial charge in [0.05, 0.1) is 12.8 Å². The number of thiocarbonyl (C=S) groups is 1. The van der Waals surface area contributed by atoms with Crippen molar-refractivity contribution in [2.75, 3.05) is 6.54 Å². The normalized spacial score (nSPS) is 19.3. The van der Waals surface area contributed by atoms with E-state index in [9.17, 15) is 4.79 Å². The summed E-state index contributed by atoms with van der Waals surface area (Å²) in [5.74, 6) is -0.0388. The van der Waals surface area contributed by atoms with Crippen molar-refractivity contribution in [1.29, 1.82) is 0 Å². The second-order valence-corrected chi connectivity index (χ2v) is 4.31. The summed E-state index contributed by atoms with van der Waals surface area (Å²) in [6, 6.07) is 3.15. The number of likely N-dealkylation sites (tertiary alicyclic amines) is 1. The molecule has 1 saturated heterocycles. The van der Waals surface area contributed by atoms with E-state index in [4.69, 9.17) is 21.7 Å². The number of carboxylic acids is 1. The Labute approximate surface area is 104 Å². The van der Waals surface area contributed by atoms with Crippen molar-refractivity contribution in [3.63, 3.8) is 0 Å². The van der Waals surface area contributed by atoms with Crippen LogP contribution in [0.15, 0.2) is 22.8 Å². The van der Waals surface area contributed by atoms with Gasteiger partial charge in [-0.1, -0.05) is 0 Å². The van der Waals surface area contributed by atoms with Crippen LogP contribution in [0, 0.1) is 0 Å². The predicted octanol–water partition coefficient (Wildman–Crippen LogP) is 1.20. The first-order valence-electron chi connectivity index (χ1n) is 5.48. The molecular formula is C11H14N2O3S. The van der Waals surface area contributed by atoms with Crippen LogP contribution in [0.3, 0.4) is 0 Å². The zero-order valence-corrected chi connectivity index (χ0v) is 10.1. The van der Waals surface area contributed by atoms with Gasteiger partial charge in [0.25, 0.3) is 0 Å². The molecule has 0 aromatic carbocycles. The topological polar surface area (TPSA) is 65.7 Å². The van der Waals surface area contributed by atoms with Crippen LogP contribution in [0.25, 0.3) is 0 Å². The number of nitrogens with zero attached hydrogens (tertiary/aromatic N) is 1. The lowest BCUT2D eigenvalue weighted by Crippen LogP contribution is -2.45. The maximum absolute atomic E-state index is 11.0. The molecule has 0 amide bonds. The zero-order valence-electron chi connectivity index (χ0n) is 9.26. The van der Waals surface area contributed by atoms with E-state index in [0.29, 0.717) is 24.6 Å². The Kier molecular flexibility index (Phi) is 3.63. The molecule has 92 valence electrons. The van der Waals surface area contributed by atoms with Gasteiger partial charge in [-0.15, -0.1) is 0 Å². The smallest absolute Gasteiger partial charge is 0.326 e. The lowest BCUT2D eigenvalue weighted by molar-refractivity contribution is -0.140. The fourth-order valence-corrected chi connectivity index (χ4v) is 2.23. The monoisotopic (exact) mass is 254 g/mol. The van der Waals surface area contributed by atoms with Crippen LogP contribution in [0.5, 0.6) is 0 Å². The Morgan fingerprint density at radius 1 is 1.71 bits per heavy atom. The van der Waals surface area contributed by atoms with Gasteiger partial charge < -0.3 is 19.7 Å². The maximum Gasteiger partial charge on any atom is 0.326 e. The highest BCUT2D eigenvalue weighted by molar-refractivity contribution is 7.80. The zero-order chi connectivity index (χ0) is 12.3. The molecule has 0 bridgehead atoms. The number of rotatable bonds is 3. The molecule has 0 radical (unpaired) electrons. The lowest BCUT2D eigenvalue weighted by atomic mass is 10.2. The van der Waals surface area contributed by atoms with Gasteiger partial charge in [-0.25, -0.2) is 4.79 Å². The van der Waals surface area contributed by atoms with Crippen molar-refractivity contribution in [2.24, 2.45) is 0 Å². The van der Waals surface area contributed by atoms with E-state index in [0.717, 1.165) is 12.2 Å². The molecule has 1 aromatic rings. The van der Waals surface area contributed by atoms with Crippen molar-refractivity contribution in [2.45, 2.75) is 25.4 Å². The van der Waals surface area contributed by atoms with E-state index in [2.05, 4.69) is 5.32 Å². The molecule has 2 rings (SSSR count). The van der Waals surface area contributed by atoms with Gasteiger partial charge >= 0.3 is 5.97 Å². The fraction of sp³-hybridized carbons (Fsp3) is 0.455. The van der Waals surface area contributed by atoms with Crippen molar-refractivity contribution >= 4 is 23.3 Å². The van der Waals surface area contributed by atoms with Crippen LogP contribution in [-0.2, 0) is 11.3 Å². The van der Waals surface area contributed by atoms with Crippen LogP contribution in [0.2, 0.25) is 0 Å². The van der Waals surface area contributed by atoms with E-state index in [-0.39, 0.29) is 0 Å². The lowest BCUT2D eigenvalue weighted by Gasteiger charge is -2.24. The first kappa shape index (κ1) is 11.9. The summed E-state index contributed by atoms with van der Waals surface area (Å²) in [4.78, 5) is 12.7. The number of carbonyl (C=O) groups is 1. The standard InChI is InChI=1S/C11H14N2O3S/c14-10(15)9-4-1-5-13(9)11(17)12-7-8-3-2-6-16-8/h2-3,6,9H,1,4-5,7H2,(H,12,17)(H,14,15). The van der Waals surface area contributed by atoms with E-state index < -0.39 is 12.0 Å². The number of nitrogens with one attached hydrogen (secondary N) is 1. The SMILES string of the molecule is O=C(O)C1CCCN1C(=S)NCc1ccco1. The minimum atomic E-state index is -0.815. The highest BCUT2D eigenvalue weighted by Gasteiger charge is 2.31. The van der Waals surface area contributed by atoms with Crippen LogP contribution in [0.1, 0.15) is 18.6 Å². The van der Waals surface area contributed by atoms with Gasteiger partial charge in [0.1, 0.15) is 11.8 Å². The fourth-order valence-electron chi connectivity index (χ4n) is 1.94. The van der Waals surface area contributed by atoms with Gasteiger partial charge in [0, 0.05) is 6.54 Å². The molecule has 6 heteroatoms. The van der Waals surface area contributed by atoms with Gasteiger partial charge in [0.2, 0.25) is 0 Å². The first-order valence-corrected chi connectivity index (χ1v) is 5.89. The Morgan fingerprint density at radius 3 is 3.18 bits per heavy atom. The minimum Gasteiger partial charge on any atom is -0.480 e. The summed E-state index contributed by atoms with van der Waals surface area (Å²) < 4.78 is 5.16. The number of hydrogen-bond donors (Lipinski definition) is 2. The first-order chi connectivity index (χ1) is 8.18. The summed E-state index contributed by atoms with van der Waals surface area (Å²) in [5, 5.41) is 12.5. The van der Waals surface area contributed by atoms with E-state index in [1.807, 2.05) is 6.07 Å². The van der Waals surface area contributed by atoms with Crippen molar-refractivity contribution < 1.29 is 14.3 Å². The number of hydrogen-bond acceptors (Lipinski definition) is 3. The molecule has 17 heavy (non-hydrogen) atoms. The number of furan rings is 1. The second-order valence-electron chi connectivity index (χ2n) is 3.93. The van der Waals surface area contributed by atoms with Gasteiger partial charge in [-0.05, 0) is 37.2 Å². The molecule has 5 nitrogen and oxygen atoms in total. The molecule has 1 fully saturated rings. The molecule has 0 aliphatic carbocycles. The van der Waals surface area contributed by atoms with Gasteiger partial charge in [0.15, 0.2) is 5.11 Å². The molecule has 0 spiro atoms. The van der Waals surface area contributed by atoms with Crippen LogP contribution in [0.4, 0.5) is 0 Å². The number of aliphatic carboxylic acids is 1. The van der Waals surface area contributed by atoms with Gasteiger partial charge in [-0.2, -0.15) is 0 Å². The molecule has 2 heterocycles. The van der Waals surface area contributed by atoms with Crippen LogP contribution >= 0.6 is 12.2 Å². The summed E-state index contributed by atoms with van der Waals surface area (Å²) >= 11 is 5.19. The van der Waals surface area contributed by atoms with E-state index in [1.165, 1.54) is 0 Å². The third-order valence-corrected chi connectivity index (χ3v) is 3.17. The molecule has 1 aliphatic heterocycles. The van der Waals surface area contributed by atoms with Crippen LogP contribution in [-0.4, -0.2) is 33.7 Å². The van der Waals surface area contributed by atoms with Crippen molar-refractivity contribution in [1.82, 2.24) is 10.2 Å². The quantitative estimate of drug-likeness (QED) is 0.790. The Balaban J connectivity index is 1.89. The highest BCUT2D eigenvalue weighted by Crippen LogP contribution is 2.17. The Hall–Kier alpha value is -1.56. The molecule has 1 aromatic heterocycles. The average Bonchev–Trinajstić information content (AvgIpc) is 2.96. The molecular weight excluding hydrogens is 240 g/mol. The number of carboxylic acid groups (broad SMARTS) is 1. The minimum absolute atomic E-state index is 0.478. The molecule has 1 atom stereocenters. The summed E-state index contributed by atoms with van der Waals surface area (Å²) in [7, 11) is 0. The molecule has 2 N–H and O–H groups in total. The van der Waals surface area contributed by atoms with Crippen molar-refractivity contribution in [3.05, 3.63) is 24.2 Å². The van der Waals surface area contributed by atoms with Crippen molar-refractivity contribution in [3.8, 4) is 0 Å². The second kappa shape index (κ2) is 5.18. The van der Waals surface area contributed by atoms with E-state index >= 15 is 0 Å². The predicted molar refractivity (Wildman–Crippen MR) is 65.5 cm³/mol. The Morgan fingerprint density at radius 2 is 2.53 bits per heavy atom. The molecule has 1 aliphatic rings. The van der Waals surface area contributed by atoms with E-state index in [1.54, 1.807) is 17.2 Å². The summed E-state index contributed by atoms with van der Waals surface area (Å²) in [5.41, 5.74) is 0. The highest BCUT2D eigenvalue weighted by atomic mass is 32.1. The molecule has 0 saturated carbocycles. The van der Waals surface area contributed by atoms with Crippen LogP contribution < -0.4 is 5.32 Å². The maximum atomic E-state index is 11.0. The molecule has 1 unspecified atom stereocenters. The van der Waals surface area contributed by atoms with Gasteiger partial charge in [-0.3, -0.25) is 0 Å². The third kappa shape index (κ3) is 2.76. The average molecular weight is 254 g/mol. The summed E-state index contributed by atoms with van der Waals surface area (Å²) in [6.07, 6.45) is 3.10.